The molecule has 0 spiro atoms. The Balaban J connectivity index is 1.62. The van der Waals surface area contributed by atoms with Gasteiger partial charge in [-0.2, -0.15) is 0 Å². The Hall–Kier alpha value is -3.28. The number of amides is 1. The number of halogens is 1. The largest absolute Gasteiger partial charge is 0.510 e. The lowest BCUT2D eigenvalue weighted by Gasteiger charge is -2.50. The van der Waals surface area contributed by atoms with Crippen LogP contribution in [0.25, 0.3) is 0 Å². The van der Waals surface area contributed by atoms with Gasteiger partial charge in [0.25, 0.3) is 5.91 Å². The third-order valence-electron chi connectivity index (χ3n) is 8.57. The summed E-state index contributed by atoms with van der Waals surface area (Å²) in [4.78, 5) is 42.5. The summed E-state index contributed by atoms with van der Waals surface area (Å²) in [5, 5.41) is 44.5. The monoisotopic (exact) mass is 529 g/mol. The summed E-state index contributed by atoms with van der Waals surface area (Å²) in [5.41, 5.74) is 1.42. The minimum Gasteiger partial charge on any atom is -0.510 e. The Morgan fingerprint density at radius 2 is 1.84 bits per heavy atom. The molecule has 11 heteroatoms. The minimum atomic E-state index is -2.72. The highest BCUT2D eigenvalue weighted by atomic mass is 19.1. The van der Waals surface area contributed by atoms with Crippen LogP contribution in [-0.4, -0.2) is 86.5 Å². The summed E-state index contributed by atoms with van der Waals surface area (Å²) in [6, 6.07) is 0.128. The fourth-order valence-electron chi connectivity index (χ4n) is 6.83. The molecule has 1 aliphatic heterocycles. The lowest BCUT2D eigenvalue weighted by atomic mass is 9.58. The van der Waals surface area contributed by atoms with Gasteiger partial charge < -0.3 is 26.2 Å². The number of ketones is 2. The quantitative estimate of drug-likeness (QED) is 0.361. The molecule has 1 aromatic rings. The Kier molecular flexibility index (Phi) is 6.36. The summed E-state index contributed by atoms with van der Waals surface area (Å²) in [6.07, 6.45) is 2.96. The molecule has 1 heterocycles. The molecule has 1 aromatic carbocycles. The second-order valence-electron chi connectivity index (χ2n) is 11.0. The number of likely N-dealkylation sites (tertiary alicyclic amines) is 1. The second-order valence-corrected chi connectivity index (χ2v) is 11.0. The standard InChI is InChI=1S/C27H32FN3O7/c1-30(2)21-15-9-12-8-14-18(16(32)10-13(20(14)28)11-31-6-4-3-5-7-31)22(33)17(12)24(35)27(15,38)25(36)19(23(21)34)26(29)37/h10,12,15,21,32,34-35,38H,3-9,11H2,1-2H3,(H2,29,37)/t12-,15?,21-,27-/m0/s1. The predicted molar refractivity (Wildman–Crippen MR) is 133 cm³/mol. The van der Waals surface area contributed by atoms with Crippen LogP contribution in [0.5, 0.6) is 5.75 Å². The summed E-state index contributed by atoms with van der Waals surface area (Å²) in [6.45, 7) is 1.90. The number of piperidine rings is 1. The van der Waals surface area contributed by atoms with Crippen LogP contribution in [0.3, 0.4) is 0 Å². The van der Waals surface area contributed by atoms with Gasteiger partial charge in [-0.15, -0.1) is 0 Å². The highest BCUT2D eigenvalue weighted by Crippen LogP contribution is 2.52. The number of hydrogen-bond acceptors (Lipinski definition) is 9. The number of benzene rings is 1. The van der Waals surface area contributed by atoms with Crippen molar-refractivity contribution in [1.29, 1.82) is 0 Å². The predicted octanol–water partition coefficient (Wildman–Crippen LogP) is 1.25. The zero-order valence-electron chi connectivity index (χ0n) is 21.3. The third kappa shape index (κ3) is 3.67. The van der Waals surface area contributed by atoms with Gasteiger partial charge >= 0.3 is 0 Å². The topological polar surface area (TPSA) is 165 Å². The lowest BCUT2D eigenvalue weighted by molar-refractivity contribution is -0.148. The molecular formula is C27H32FN3O7. The van der Waals surface area contributed by atoms with E-state index >= 15 is 4.39 Å². The lowest BCUT2D eigenvalue weighted by Crippen LogP contribution is -2.63. The average molecular weight is 530 g/mol. The summed E-state index contributed by atoms with van der Waals surface area (Å²) in [5.74, 6) is -8.09. The highest BCUT2D eigenvalue weighted by Gasteiger charge is 2.63. The van der Waals surface area contributed by atoms with Gasteiger partial charge in [-0.1, -0.05) is 6.42 Å². The number of phenols is 1. The number of fused-ring (bicyclic) bond motifs is 3. The van der Waals surface area contributed by atoms with Crippen molar-refractivity contribution < 1.29 is 39.2 Å². The molecule has 5 rings (SSSR count). The molecule has 0 saturated carbocycles. The van der Waals surface area contributed by atoms with E-state index in [1.165, 1.54) is 11.0 Å². The number of aliphatic hydroxyl groups is 3. The number of Topliss-reactive ketones (excluding diaryl/α,β-unsaturated/α-hetero) is 2. The number of primary amides is 1. The molecule has 1 fully saturated rings. The Bertz CT molecular complexity index is 1310. The first-order valence-electron chi connectivity index (χ1n) is 12.8. The van der Waals surface area contributed by atoms with Crippen LogP contribution < -0.4 is 5.73 Å². The van der Waals surface area contributed by atoms with Crippen molar-refractivity contribution in [3.8, 4) is 5.75 Å². The molecule has 1 saturated heterocycles. The summed E-state index contributed by atoms with van der Waals surface area (Å²) >= 11 is 0. The van der Waals surface area contributed by atoms with Gasteiger partial charge in [0.15, 0.2) is 11.4 Å². The maximum absolute atomic E-state index is 15.8. The normalized spacial score (nSPS) is 29.9. The van der Waals surface area contributed by atoms with E-state index in [9.17, 15) is 34.8 Å². The van der Waals surface area contributed by atoms with Crippen molar-refractivity contribution in [2.75, 3.05) is 27.2 Å². The van der Waals surface area contributed by atoms with Crippen molar-refractivity contribution in [2.24, 2.45) is 17.6 Å². The minimum absolute atomic E-state index is 0.0233. The molecule has 204 valence electrons. The molecule has 0 radical (unpaired) electrons. The Labute approximate surface area is 218 Å². The molecule has 0 aromatic heterocycles. The average Bonchev–Trinajstić information content (AvgIpc) is 2.84. The summed E-state index contributed by atoms with van der Waals surface area (Å²) < 4.78 is 15.8. The number of nitrogens with two attached hydrogens (primary N) is 1. The number of likely N-dealkylation sites (N-methyl/N-ethyl adjacent to an activating group) is 1. The number of rotatable bonds is 4. The van der Waals surface area contributed by atoms with Crippen molar-refractivity contribution in [3.63, 3.8) is 0 Å². The highest BCUT2D eigenvalue weighted by molar-refractivity contribution is 6.24. The van der Waals surface area contributed by atoms with E-state index in [2.05, 4.69) is 4.90 Å². The number of phenolic OH excluding ortho intramolecular Hbond substituents is 1. The van der Waals surface area contributed by atoms with E-state index in [1.807, 2.05) is 0 Å². The number of carbonyl (C=O) groups excluding carboxylic acids is 3. The molecule has 10 nitrogen and oxygen atoms in total. The first-order valence-corrected chi connectivity index (χ1v) is 12.8. The fourth-order valence-corrected chi connectivity index (χ4v) is 6.83. The van der Waals surface area contributed by atoms with E-state index < -0.39 is 69.6 Å². The number of aliphatic hydroxyl groups excluding tert-OH is 2. The van der Waals surface area contributed by atoms with Crippen molar-refractivity contribution in [1.82, 2.24) is 9.80 Å². The van der Waals surface area contributed by atoms with Crippen molar-refractivity contribution in [2.45, 2.75) is 50.3 Å². The van der Waals surface area contributed by atoms with Gasteiger partial charge in [-0.05, 0) is 64.9 Å². The first kappa shape index (κ1) is 26.3. The van der Waals surface area contributed by atoms with Gasteiger partial charge in [-0.3, -0.25) is 24.2 Å². The van der Waals surface area contributed by atoms with Crippen LogP contribution >= 0.6 is 0 Å². The van der Waals surface area contributed by atoms with Gasteiger partial charge in [0.1, 0.15) is 28.7 Å². The van der Waals surface area contributed by atoms with Gasteiger partial charge in [0.2, 0.25) is 5.78 Å². The van der Waals surface area contributed by atoms with Gasteiger partial charge in [0.05, 0.1) is 11.6 Å². The van der Waals surface area contributed by atoms with E-state index in [0.29, 0.717) is 0 Å². The molecule has 1 unspecified atom stereocenters. The van der Waals surface area contributed by atoms with E-state index in [1.54, 1.807) is 14.1 Å². The molecule has 1 amide bonds. The zero-order chi connectivity index (χ0) is 27.7. The number of nitrogens with zero attached hydrogens (tertiary/aromatic N) is 2. The number of aromatic hydroxyl groups is 1. The van der Waals surface area contributed by atoms with Crippen LogP contribution in [0.2, 0.25) is 0 Å². The number of allylic oxidation sites excluding steroid dienone is 1. The van der Waals surface area contributed by atoms with Crippen molar-refractivity contribution in [3.05, 3.63) is 51.2 Å². The number of hydrogen-bond donors (Lipinski definition) is 5. The second kappa shape index (κ2) is 9.18. The summed E-state index contributed by atoms with van der Waals surface area (Å²) in [7, 11) is 3.11. The van der Waals surface area contributed by atoms with Crippen molar-refractivity contribution >= 4 is 17.5 Å². The first-order chi connectivity index (χ1) is 17.9. The Morgan fingerprint density at radius 1 is 1.18 bits per heavy atom. The van der Waals surface area contributed by atoms with Crippen LogP contribution in [-0.2, 0) is 22.6 Å². The molecule has 38 heavy (non-hydrogen) atoms. The van der Waals surface area contributed by atoms with E-state index in [0.717, 1.165) is 32.4 Å². The molecular weight excluding hydrogens is 497 g/mol. The maximum atomic E-state index is 15.8. The van der Waals surface area contributed by atoms with Crippen LogP contribution in [0.15, 0.2) is 28.7 Å². The molecule has 3 aliphatic carbocycles. The smallest absolute Gasteiger partial charge is 0.255 e. The van der Waals surface area contributed by atoms with Crippen LogP contribution in [0, 0.1) is 17.7 Å². The third-order valence-corrected chi connectivity index (χ3v) is 8.57. The van der Waals surface area contributed by atoms with Gasteiger partial charge in [0, 0.05) is 29.2 Å². The SMILES string of the molecule is CN(C)[C@@H]1C(O)=C(C(N)=O)C(=O)[C@@]2(O)C(O)=C3C(=O)c4c(O)cc(CN5CCCCC5)c(F)c4C[C@H]3CC12. The number of carbonyl (C=O) groups is 3. The van der Waals surface area contributed by atoms with Crippen LogP contribution in [0.1, 0.15) is 47.2 Å². The maximum Gasteiger partial charge on any atom is 0.255 e. The van der Waals surface area contributed by atoms with E-state index in [-0.39, 0.29) is 41.6 Å². The molecule has 6 N–H and O–H groups in total. The Morgan fingerprint density at radius 3 is 2.45 bits per heavy atom. The van der Waals surface area contributed by atoms with Gasteiger partial charge in [-0.25, -0.2) is 4.39 Å². The van der Waals surface area contributed by atoms with Crippen LogP contribution in [0.4, 0.5) is 4.39 Å². The van der Waals surface area contributed by atoms with E-state index in [4.69, 9.17) is 5.73 Å². The molecule has 4 atom stereocenters. The fraction of sp³-hybridized carbons (Fsp3) is 0.519. The molecule has 0 bridgehead atoms. The molecule has 4 aliphatic rings. The zero-order valence-corrected chi connectivity index (χ0v) is 21.3.